The first kappa shape index (κ1) is 35.9. The Hall–Kier alpha value is -3.96. The van der Waals surface area contributed by atoms with E-state index >= 15 is 0 Å². The van der Waals surface area contributed by atoms with Crippen LogP contribution in [0, 0.1) is 0 Å². The molecule has 4 aromatic rings. The Balaban J connectivity index is 1.31. The summed E-state index contributed by atoms with van der Waals surface area (Å²) in [7, 11) is 1.91. The maximum Gasteiger partial charge on any atom is 0.232 e. The van der Waals surface area contributed by atoms with E-state index < -0.39 is 0 Å². The summed E-state index contributed by atoms with van der Waals surface area (Å²) in [6.45, 7) is 6.51. The number of nitrogens with zero attached hydrogens (tertiary/aromatic N) is 1. The van der Waals surface area contributed by atoms with Gasteiger partial charge in [0.1, 0.15) is 18.1 Å². The molecule has 0 aromatic heterocycles. The second-order valence-electron chi connectivity index (χ2n) is 11.9. The molecule has 5 heteroatoms. The second-order valence-corrected chi connectivity index (χ2v) is 13.0. The standard InChI is InChI=1S/C42H51NO3S/c1-4-6-29-43(3)41(44)33-47-31-16-8-7-15-30-45-38-25-21-36(22-26-38)42(40(5-2)35-19-13-10-14-20-35)37-23-27-39(28-24-37)46-32-34-17-11-9-12-18-34/h9-14,17-28H,4-8,15-16,29-33H2,1-3H3/b42-40+. The van der Waals surface area contributed by atoms with Crippen molar-refractivity contribution in [1.29, 1.82) is 0 Å². The summed E-state index contributed by atoms with van der Waals surface area (Å²) in [6, 6.07) is 37.9. The molecule has 0 saturated heterocycles. The van der Waals surface area contributed by atoms with Crippen LogP contribution in [0.25, 0.3) is 11.1 Å². The largest absolute Gasteiger partial charge is 0.494 e. The Kier molecular flexibility index (Phi) is 15.5. The van der Waals surface area contributed by atoms with Crippen LogP contribution in [0.2, 0.25) is 0 Å². The van der Waals surface area contributed by atoms with Crippen LogP contribution in [0.1, 0.15) is 81.0 Å². The SMILES string of the molecule is CCCCN(C)C(=O)CSCCCCCCOc1ccc(/C(=C(/CC)c2ccccc2)c2ccc(OCc3ccccc3)cc2)cc1. The summed E-state index contributed by atoms with van der Waals surface area (Å²) < 4.78 is 12.2. The van der Waals surface area contributed by atoms with Gasteiger partial charge >= 0.3 is 0 Å². The fourth-order valence-corrected chi connectivity index (χ4v) is 6.44. The third-order valence-electron chi connectivity index (χ3n) is 8.26. The predicted molar refractivity (Wildman–Crippen MR) is 200 cm³/mol. The van der Waals surface area contributed by atoms with Crippen molar-refractivity contribution in [3.05, 3.63) is 131 Å². The Morgan fingerprint density at radius 1 is 0.660 bits per heavy atom. The van der Waals surface area contributed by atoms with Crippen LogP contribution in [0.3, 0.4) is 0 Å². The van der Waals surface area contributed by atoms with Crippen LogP contribution in [-0.4, -0.2) is 42.5 Å². The third-order valence-corrected chi connectivity index (χ3v) is 9.29. The van der Waals surface area contributed by atoms with E-state index in [0.717, 1.165) is 73.4 Å². The zero-order valence-electron chi connectivity index (χ0n) is 28.5. The van der Waals surface area contributed by atoms with Gasteiger partial charge in [0, 0.05) is 13.6 Å². The van der Waals surface area contributed by atoms with E-state index in [9.17, 15) is 4.79 Å². The molecule has 4 nitrogen and oxygen atoms in total. The molecule has 4 aromatic carbocycles. The van der Waals surface area contributed by atoms with Crippen molar-refractivity contribution in [2.45, 2.75) is 65.4 Å². The first-order chi connectivity index (χ1) is 23.1. The van der Waals surface area contributed by atoms with Crippen LogP contribution in [0.15, 0.2) is 109 Å². The van der Waals surface area contributed by atoms with Crippen LogP contribution in [0.5, 0.6) is 11.5 Å². The molecule has 248 valence electrons. The first-order valence-corrected chi connectivity index (χ1v) is 18.3. The summed E-state index contributed by atoms with van der Waals surface area (Å²) in [4.78, 5) is 14.0. The van der Waals surface area contributed by atoms with E-state index in [1.165, 1.54) is 28.7 Å². The van der Waals surface area contributed by atoms with Gasteiger partial charge in [-0.3, -0.25) is 4.79 Å². The van der Waals surface area contributed by atoms with E-state index in [0.29, 0.717) is 19.0 Å². The van der Waals surface area contributed by atoms with Crippen LogP contribution >= 0.6 is 11.8 Å². The molecule has 0 heterocycles. The van der Waals surface area contributed by atoms with Crippen molar-refractivity contribution >= 4 is 28.8 Å². The fourth-order valence-electron chi connectivity index (χ4n) is 5.50. The molecule has 0 bridgehead atoms. The number of hydrogen-bond donors (Lipinski definition) is 0. The van der Waals surface area contributed by atoms with E-state index in [1.807, 2.05) is 30.1 Å². The normalized spacial score (nSPS) is 11.6. The van der Waals surface area contributed by atoms with Gasteiger partial charge in [0.15, 0.2) is 0 Å². The van der Waals surface area contributed by atoms with Gasteiger partial charge < -0.3 is 14.4 Å². The molecule has 0 radical (unpaired) electrons. The topological polar surface area (TPSA) is 38.8 Å². The summed E-state index contributed by atoms with van der Waals surface area (Å²) in [5.41, 5.74) is 7.26. The monoisotopic (exact) mass is 649 g/mol. The third kappa shape index (κ3) is 12.0. The van der Waals surface area contributed by atoms with Gasteiger partial charge in [-0.25, -0.2) is 0 Å². The Morgan fingerprint density at radius 2 is 1.26 bits per heavy atom. The molecule has 0 unspecified atom stereocenters. The molecule has 0 aliphatic heterocycles. The first-order valence-electron chi connectivity index (χ1n) is 17.2. The van der Waals surface area contributed by atoms with Gasteiger partial charge in [-0.2, -0.15) is 11.8 Å². The number of thioether (sulfide) groups is 1. The Labute approximate surface area is 287 Å². The second kappa shape index (κ2) is 20.3. The number of rotatable bonds is 20. The highest BCUT2D eigenvalue weighted by Gasteiger charge is 2.14. The zero-order valence-corrected chi connectivity index (χ0v) is 29.3. The lowest BCUT2D eigenvalue weighted by Crippen LogP contribution is -2.29. The van der Waals surface area contributed by atoms with Gasteiger partial charge in [-0.1, -0.05) is 118 Å². The molecular weight excluding hydrogens is 599 g/mol. The Morgan fingerprint density at radius 3 is 1.87 bits per heavy atom. The quantitative estimate of drug-likeness (QED) is 0.0705. The smallest absolute Gasteiger partial charge is 0.232 e. The highest BCUT2D eigenvalue weighted by Crippen LogP contribution is 2.35. The van der Waals surface area contributed by atoms with Crippen molar-refractivity contribution in [2.24, 2.45) is 0 Å². The molecule has 0 fully saturated rings. The number of benzene rings is 4. The van der Waals surface area contributed by atoms with Gasteiger partial charge in [0.25, 0.3) is 0 Å². The highest BCUT2D eigenvalue weighted by molar-refractivity contribution is 7.99. The molecule has 0 N–H and O–H groups in total. The molecule has 4 rings (SSSR count). The van der Waals surface area contributed by atoms with Gasteiger partial charge in [0.05, 0.1) is 12.4 Å². The number of amides is 1. The molecule has 0 aliphatic rings. The summed E-state index contributed by atoms with van der Waals surface area (Å²) in [5, 5.41) is 0. The van der Waals surface area contributed by atoms with Gasteiger partial charge in [-0.15, -0.1) is 0 Å². The van der Waals surface area contributed by atoms with Crippen molar-refractivity contribution in [3.63, 3.8) is 0 Å². The lowest BCUT2D eigenvalue weighted by Gasteiger charge is -2.17. The van der Waals surface area contributed by atoms with Gasteiger partial charge in [-0.05, 0) is 89.1 Å². The molecule has 0 saturated carbocycles. The minimum atomic E-state index is 0.249. The maximum atomic E-state index is 12.2. The molecule has 47 heavy (non-hydrogen) atoms. The number of carbonyl (C=O) groups is 1. The average molecular weight is 650 g/mol. The minimum absolute atomic E-state index is 0.249. The lowest BCUT2D eigenvalue weighted by molar-refractivity contribution is -0.127. The fraction of sp³-hybridized carbons (Fsp3) is 0.357. The van der Waals surface area contributed by atoms with E-state index in [1.54, 1.807) is 11.8 Å². The van der Waals surface area contributed by atoms with Crippen molar-refractivity contribution in [2.75, 3.05) is 31.7 Å². The number of unbranched alkanes of at least 4 members (excludes halogenated alkanes) is 4. The van der Waals surface area contributed by atoms with E-state index in [4.69, 9.17) is 9.47 Å². The lowest BCUT2D eigenvalue weighted by atomic mass is 9.88. The summed E-state index contributed by atoms with van der Waals surface area (Å²) in [5.74, 6) is 3.64. The van der Waals surface area contributed by atoms with Crippen LogP contribution in [-0.2, 0) is 11.4 Å². The minimum Gasteiger partial charge on any atom is -0.494 e. The van der Waals surface area contributed by atoms with E-state index in [2.05, 4.69) is 105 Å². The van der Waals surface area contributed by atoms with Crippen LogP contribution in [0.4, 0.5) is 0 Å². The number of carbonyl (C=O) groups excluding carboxylic acids is 1. The van der Waals surface area contributed by atoms with Crippen LogP contribution < -0.4 is 9.47 Å². The molecule has 0 atom stereocenters. The van der Waals surface area contributed by atoms with Crippen molar-refractivity contribution in [3.8, 4) is 11.5 Å². The number of hydrogen-bond acceptors (Lipinski definition) is 4. The number of allylic oxidation sites excluding steroid dienone is 1. The molecule has 0 aliphatic carbocycles. The van der Waals surface area contributed by atoms with Crippen molar-refractivity contribution in [1.82, 2.24) is 4.90 Å². The molecular formula is C42H51NO3S. The predicted octanol–water partition coefficient (Wildman–Crippen LogP) is 10.6. The summed E-state index contributed by atoms with van der Waals surface area (Å²) >= 11 is 1.76. The zero-order chi connectivity index (χ0) is 33.1. The number of ether oxygens (including phenoxy) is 2. The maximum absolute atomic E-state index is 12.2. The highest BCUT2D eigenvalue weighted by atomic mass is 32.2. The molecule has 1 amide bonds. The van der Waals surface area contributed by atoms with Gasteiger partial charge in [0.2, 0.25) is 5.91 Å². The summed E-state index contributed by atoms with van der Waals surface area (Å²) in [6.07, 6.45) is 7.58. The molecule has 0 spiro atoms. The van der Waals surface area contributed by atoms with E-state index in [-0.39, 0.29) is 5.91 Å². The Bertz CT molecular complexity index is 1480. The van der Waals surface area contributed by atoms with Crippen molar-refractivity contribution < 1.29 is 14.3 Å². The average Bonchev–Trinajstić information content (AvgIpc) is 3.12.